The Morgan fingerprint density at radius 2 is 2.17 bits per heavy atom. The third kappa shape index (κ3) is 4.96. The summed E-state index contributed by atoms with van der Waals surface area (Å²) in [5.41, 5.74) is 1.62. The summed E-state index contributed by atoms with van der Waals surface area (Å²) < 4.78 is 5.61. The Kier molecular flexibility index (Phi) is 5.98. The van der Waals surface area contributed by atoms with Crippen LogP contribution >= 0.6 is 0 Å². The molecule has 1 fully saturated rings. The highest BCUT2D eigenvalue weighted by molar-refractivity contribution is 5.94. The van der Waals surface area contributed by atoms with E-state index in [9.17, 15) is 9.59 Å². The smallest absolute Gasteiger partial charge is 0.259 e. The van der Waals surface area contributed by atoms with Crippen LogP contribution in [-0.2, 0) is 9.59 Å². The molecule has 1 saturated heterocycles. The molecule has 0 aliphatic carbocycles. The van der Waals surface area contributed by atoms with Crippen LogP contribution in [0.15, 0.2) is 18.2 Å². The minimum Gasteiger partial charge on any atom is -0.482 e. The minimum atomic E-state index is -0.125. The Bertz CT molecular complexity index is 566. The van der Waals surface area contributed by atoms with Gasteiger partial charge in [0, 0.05) is 20.6 Å². The fourth-order valence-corrected chi connectivity index (χ4v) is 2.43. The fourth-order valence-electron chi connectivity index (χ4n) is 2.43. The molecule has 1 unspecified atom stereocenters. The molecular weight excluding hydrogens is 294 g/mol. The number of rotatable bonds is 5. The highest BCUT2D eigenvalue weighted by Crippen LogP contribution is 2.27. The molecule has 126 valence electrons. The zero-order valence-electron chi connectivity index (χ0n) is 14.0. The quantitative estimate of drug-likeness (QED) is 0.861. The van der Waals surface area contributed by atoms with Crippen LogP contribution in [0.5, 0.6) is 5.75 Å². The van der Waals surface area contributed by atoms with E-state index in [4.69, 9.17) is 4.74 Å². The topological polar surface area (TPSA) is 70.7 Å². The second kappa shape index (κ2) is 7.97. The number of amides is 2. The summed E-state index contributed by atoms with van der Waals surface area (Å²) >= 11 is 0. The first-order chi connectivity index (χ1) is 11.0. The lowest BCUT2D eigenvalue weighted by atomic mass is 9.98. The molecular formula is C17H25N3O3. The Balaban J connectivity index is 2.05. The Morgan fingerprint density at radius 3 is 2.83 bits per heavy atom. The number of carbonyl (C=O) groups is 2. The van der Waals surface area contributed by atoms with Gasteiger partial charge in [-0.3, -0.25) is 9.59 Å². The van der Waals surface area contributed by atoms with E-state index in [0.29, 0.717) is 18.0 Å². The van der Waals surface area contributed by atoms with Crippen molar-refractivity contribution in [1.29, 1.82) is 0 Å². The van der Waals surface area contributed by atoms with Crippen LogP contribution < -0.4 is 15.4 Å². The molecule has 6 heteroatoms. The van der Waals surface area contributed by atoms with Crippen LogP contribution in [0.1, 0.15) is 18.4 Å². The molecule has 0 spiro atoms. The van der Waals surface area contributed by atoms with Gasteiger partial charge in [0.2, 0.25) is 5.91 Å². The largest absolute Gasteiger partial charge is 0.482 e. The van der Waals surface area contributed by atoms with Gasteiger partial charge in [-0.25, -0.2) is 0 Å². The molecule has 1 aromatic rings. The van der Waals surface area contributed by atoms with Gasteiger partial charge in [-0.1, -0.05) is 6.07 Å². The number of likely N-dealkylation sites (N-methyl/N-ethyl adjacent to an activating group) is 1. The molecule has 2 rings (SSSR count). The van der Waals surface area contributed by atoms with Gasteiger partial charge in [-0.2, -0.15) is 0 Å². The molecule has 0 aromatic heterocycles. The summed E-state index contributed by atoms with van der Waals surface area (Å²) in [6.45, 7) is 3.56. The van der Waals surface area contributed by atoms with E-state index in [1.165, 1.54) is 4.90 Å². The first kappa shape index (κ1) is 17.3. The van der Waals surface area contributed by atoms with Crippen molar-refractivity contribution in [3.8, 4) is 5.75 Å². The molecule has 6 nitrogen and oxygen atoms in total. The molecule has 23 heavy (non-hydrogen) atoms. The number of benzene rings is 1. The van der Waals surface area contributed by atoms with Gasteiger partial charge in [0.25, 0.3) is 5.91 Å². The third-order valence-corrected chi connectivity index (χ3v) is 3.91. The van der Waals surface area contributed by atoms with Crippen LogP contribution in [0, 0.1) is 12.8 Å². The normalized spacial score (nSPS) is 17.4. The summed E-state index contributed by atoms with van der Waals surface area (Å²) in [7, 11) is 3.36. The zero-order chi connectivity index (χ0) is 16.8. The second-order valence-corrected chi connectivity index (χ2v) is 6.11. The van der Waals surface area contributed by atoms with Gasteiger partial charge >= 0.3 is 0 Å². The van der Waals surface area contributed by atoms with Crippen LogP contribution in [-0.4, -0.2) is 50.5 Å². The van der Waals surface area contributed by atoms with Crippen molar-refractivity contribution in [1.82, 2.24) is 10.2 Å². The first-order valence-electron chi connectivity index (χ1n) is 7.92. The maximum Gasteiger partial charge on any atom is 0.259 e. The number of nitrogens with one attached hydrogen (secondary N) is 2. The molecule has 1 aromatic carbocycles. The summed E-state index contributed by atoms with van der Waals surface area (Å²) in [6.07, 6.45) is 1.90. The molecule has 1 aliphatic rings. The molecule has 2 amide bonds. The molecule has 1 aliphatic heterocycles. The van der Waals surface area contributed by atoms with Crippen LogP contribution in [0.25, 0.3) is 0 Å². The lowest BCUT2D eigenvalue weighted by molar-refractivity contribution is -0.130. The van der Waals surface area contributed by atoms with Crippen LogP contribution in [0.3, 0.4) is 0 Å². The van der Waals surface area contributed by atoms with Crippen molar-refractivity contribution in [2.24, 2.45) is 5.92 Å². The molecule has 0 bridgehead atoms. The van der Waals surface area contributed by atoms with Gasteiger partial charge in [0.15, 0.2) is 6.61 Å². The van der Waals surface area contributed by atoms with Crippen molar-refractivity contribution in [2.75, 3.05) is 39.1 Å². The summed E-state index contributed by atoms with van der Waals surface area (Å²) in [6, 6.07) is 5.56. The molecule has 1 atom stereocenters. The number of carbonyl (C=O) groups excluding carboxylic acids is 2. The van der Waals surface area contributed by atoms with E-state index in [0.717, 1.165) is 24.9 Å². The van der Waals surface area contributed by atoms with Gasteiger partial charge in [0.1, 0.15) is 5.75 Å². The predicted octanol–water partition coefficient (Wildman–Crippen LogP) is 1.40. The maximum absolute atomic E-state index is 12.4. The van der Waals surface area contributed by atoms with Crippen molar-refractivity contribution < 1.29 is 14.3 Å². The van der Waals surface area contributed by atoms with Crippen molar-refractivity contribution >= 4 is 17.5 Å². The van der Waals surface area contributed by atoms with E-state index in [1.807, 2.05) is 25.1 Å². The van der Waals surface area contributed by atoms with Crippen molar-refractivity contribution in [2.45, 2.75) is 19.8 Å². The van der Waals surface area contributed by atoms with E-state index in [-0.39, 0.29) is 24.3 Å². The highest BCUT2D eigenvalue weighted by atomic mass is 16.5. The molecule has 0 radical (unpaired) electrons. The number of hydrogen-bond donors (Lipinski definition) is 2. The summed E-state index contributed by atoms with van der Waals surface area (Å²) in [5.74, 6) is 0.365. The molecule has 1 heterocycles. The van der Waals surface area contributed by atoms with Crippen LogP contribution in [0.2, 0.25) is 0 Å². The number of piperidine rings is 1. The standard InChI is InChI=1S/C17H25N3O3/c1-12-6-7-14(15(9-12)23-11-16(21)20(2)3)19-17(22)13-5-4-8-18-10-13/h6-7,9,13,18H,4-5,8,10-11H2,1-3H3,(H,19,22). The lowest BCUT2D eigenvalue weighted by Crippen LogP contribution is -2.37. The van der Waals surface area contributed by atoms with Crippen molar-refractivity contribution in [3.05, 3.63) is 23.8 Å². The third-order valence-electron chi connectivity index (χ3n) is 3.91. The Hall–Kier alpha value is -2.08. The second-order valence-electron chi connectivity index (χ2n) is 6.11. The predicted molar refractivity (Wildman–Crippen MR) is 89.6 cm³/mol. The summed E-state index contributed by atoms with van der Waals surface area (Å²) in [5, 5.41) is 6.17. The lowest BCUT2D eigenvalue weighted by Gasteiger charge is -2.22. The Labute approximate surface area is 137 Å². The SMILES string of the molecule is Cc1ccc(NC(=O)C2CCCNC2)c(OCC(=O)N(C)C)c1. The number of aryl methyl sites for hydroxylation is 1. The first-order valence-corrected chi connectivity index (χ1v) is 7.92. The fraction of sp³-hybridized carbons (Fsp3) is 0.529. The minimum absolute atomic E-state index is 0.00941. The molecule has 0 saturated carbocycles. The monoisotopic (exact) mass is 319 g/mol. The Morgan fingerprint density at radius 1 is 1.39 bits per heavy atom. The van der Waals surface area contributed by atoms with E-state index in [1.54, 1.807) is 14.1 Å². The van der Waals surface area contributed by atoms with E-state index in [2.05, 4.69) is 10.6 Å². The van der Waals surface area contributed by atoms with Crippen molar-refractivity contribution in [3.63, 3.8) is 0 Å². The highest BCUT2D eigenvalue weighted by Gasteiger charge is 2.22. The average Bonchev–Trinajstić information content (AvgIpc) is 2.55. The number of anilines is 1. The van der Waals surface area contributed by atoms with E-state index >= 15 is 0 Å². The summed E-state index contributed by atoms with van der Waals surface area (Å²) in [4.78, 5) is 25.5. The van der Waals surface area contributed by atoms with Gasteiger partial charge in [-0.05, 0) is 44.0 Å². The average molecular weight is 319 g/mol. The van der Waals surface area contributed by atoms with Gasteiger partial charge < -0.3 is 20.3 Å². The van der Waals surface area contributed by atoms with Crippen LogP contribution in [0.4, 0.5) is 5.69 Å². The number of ether oxygens (including phenoxy) is 1. The molecule has 2 N–H and O–H groups in total. The maximum atomic E-state index is 12.4. The van der Waals surface area contributed by atoms with Gasteiger partial charge in [0.05, 0.1) is 11.6 Å². The van der Waals surface area contributed by atoms with Gasteiger partial charge in [-0.15, -0.1) is 0 Å². The van der Waals surface area contributed by atoms with E-state index < -0.39 is 0 Å². The zero-order valence-corrected chi connectivity index (χ0v) is 14.0. The number of hydrogen-bond acceptors (Lipinski definition) is 4. The number of nitrogens with zero attached hydrogens (tertiary/aromatic N) is 1.